The fourth-order valence-electron chi connectivity index (χ4n) is 0.843. The highest BCUT2D eigenvalue weighted by atomic mass is 16.5. The topological polar surface area (TPSA) is 66.8 Å². The van der Waals surface area contributed by atoms with E-state index in [0.717, 1.165) is 4.90 Å². The number of methoxy groups -OCH3 is 1. The van der Waals surface area contributed by atoms with Gasteiger partial charge in [-0.25, -0.2) is 0 Å². The van der Waals surface area contributed by atoms with Gasteiger partial charge >= 0.3 is 5.97 Å². The van der Waals surface area contributed by atoms with Crippen LogP contribution in [0.15, 0.2) is 0 Å². The van der Waals surface area contributed by atoms with E-state index in [2.05, 4.69) is 5.92 Å². The first-order valence-electron chi connectivity index (χ1n) is 3.99. The zero-order valence-corrected chi connectivity index (χ0v) is 8.19. The number of carbonyl (C=O) groups is 2. The van der Waals surface area contributed by atoms with Crippen molar-refractivity contribution in [2.75, 3.05) is 20.2 Å². The highest BCUT2D eigenvalue weighted by molar-refractivity contribution is 5.84. The van der Waals surface area contributed by atoms with Crippen molar-refractivity contribution in [3.05, 3.63) is 0 Å². The van der Waals surface area contributed by atoms with Crippen LogP contribution in [0.25, 0.3) is 0 Å². The highest BCUT2D eigenvalue weighted by Crippen LogP contribution is 1.97. The molecule has 78 valence electrons. The molecule has 0 heterocycles. The van der Waals surface area contributed by atoms with Gasteiger partial charge in [-0.1, -0.05) is 5.92 Å². The summed E-state index contributed by atoms with van der Waals surface area (Å²) < 4.78 is 4.77. The van der Waals surface area contributed by atoms with Gasteiger partial charge in [-0.2, -0.15) is 0 Å². The maximum atomic E-state index is 11.4. The summed E-state index contributed by atoms with van der Waals surface area (Å²) in [6, 6.07) is 0. The quantitative estimate of drug-likeness (QED) is 0.610. The third-order valence-corrected chi connectivity index (χ3v) is 1.62. The number of carbonyl (C=O) groups excluding carboxylic acids is 1. The Morgan fingerprint density at radius 3 is 2.57 bits per heavy atom. The van der Waals surface area contributed by atoms with Crippen LogP contribution < -0.4 is 0 Å². The number of aliphatic carboxylic acids is 1. The molecular weight excluding hydrogens is 186 g/mol. The Hall–Kier alpha value is -1.54. The third-order valence-electron chi connectivity index (χ3n) is 1.62. The van der Waals surface area contributed by atoms with Crippen LogP contribution in [0.4, 0.5) is 0 Å². The lowest BCUT2D eigenvalue weighted by Crippen LogP contribution is -2.41. The highest BCUT2D eigenvalue weighted by Gasteiger charge is 2.21. The van der Waals surface area contributed by atoms with Gasteiger partial charge in [0.2, 0.25) is 0 Å². The smallest absolute Gasteiger partial charge is 0.323 e. The van der Waals surface area contributed by atoms with Gasteiger partial charge in [0.1, 0.15) is 12.6 Å². The maximum Gasteiger partial charge on any atom is 0.323 e. The van der Waals surface area contributed by atoms with Gasteiger partial charge in [0.05, 0.1) is 6.54 Å². The van der Waals surface area contributed by atoms with Crippen LogP contribution >= 0.6 is 0 Å². The standard InChI is InChI=1S/C9H13NO4/c1-4-5-10(6-8(11)12)9(13)7(2)14-3/h1,7H,5-6H2,2-3H3,(H,11,12). The van der Waals surface area contributed by atoms with Gasteiger partial charge in [0.25, 0.3) is 5.91 Å². The van der Waals surface area contributed by atoms with Crippen LogP contribution in [-0.2, 0) is 14.3 Å². The Kier molecular flexibility index (Phi) is 5.34. The summed E-state index contributed by atoms with van der Waals surface area (Å²) in [6.07, 6.45) is 4.33. The molecule has 0 aliphatic carbocycles. The number of nitrogens with zero attached hydrogens (tertiary/aromatic N) is 1. The minimum Gasteiger partial charge on any atom is -0.480 e. The minimum atomic E-state index is -1.10. The van der Waals surface area contributed by atoms with Gasteiger partial charge in [-0.05, 0) is 6.92 Å². The summed E-state index contributed by atoms with van der Waals surface area (Å²) in [5.41, 5.74) is 0. The minimum absolute atomic E-state index is 0.0289. The van der Waals surface area contributed by atoms with E-state index in [4.69, 9.17) is 16.3 Å². The number of carboxylic acid groups (broad SMARTS) is 1. The average molecular weight is 199 g/mol. The molecule has 0 aromatic heterocycles. The van der Waals surface area contributed by atoms with E-state index in [1.165, 1.54) is 14.0 Å². The molecular formula is C9H13NO4. The molecule has 1 atom stereocenters. The molecule has 0 rings (SSSR count). The van der Waals surface area contributed by atoms with Gasteiger partial charge in [0.15, 0.2) is 0 Å². The number of carboxylic acids is 1. The van der Waals surface area contributed by atoms with Crippen molar-refractivity contribution in [1.82, 2.24) is 4.90 Å². The molecule has 0 aromatic rings. The largest absolute Gasteiger partial charge is 0.480 e. The van der Waals surface area contributed by atoms with Gasteiger partial charge in [-0.15, -0.1) is 6.42 Å². The van der Waals surface area contributed by atoms with Crippen LogP contribution in [0, 0.1) is 12.3 Å². The number of rotatable bonds is 5. The van der Waals surface area contributed by atoms with Crippen LogP contribution in [0.3, 0.4) is 0 Å². The molecule has 0 aliphatic heterocycles. The second kappa shape index (κ2) is 6.00. The van der Waals surface area contributed by atoms with E-state index in [9.17, 15) is 9.59 Å². The second-order valence-electron chi connectivity index (χ2n) is 2.67. The van der Waals surface area contributed by atoms with Crippen LogP contribution in [0.5, 0.6) is 0 Å². The van der Waals surface area contributed by atoms with Crippen LogP contribution in [0.2, 0.25) is 0 Å². The summed E-state index contributed by atoms with van der Waals surface area (Å²) >= 11 is 0. The van der Waals surface area contributed by atoms with Crippen molar-refractivity contribution >= 4 is 11.9 Å². The van der Waals surface area contributed by atoms with Gasteiger partial charge in [0, 0.05) is 7.11 Å². The summed E-state index contributed by atoms with van der Waals surface area (Å²) in [4.78, 5) is 22.9. The lowest BCUT2D eigenvalue weighted by Gasteiger charge is -2.20. The van der Waals surface area contributed by atoms with Gasteiger partial charge < -0.3 is 14.7 Å². The Labute approximate surface area is 82.6 Å². The average Bonchev–Trinajstić information content (AvgIpc) is 2.14. The van der Waals surface area contributed by atoms with Crippen molar-refractivity contribution in [3.8, 4) is 12.3 Å². The zero-order valence-electron chi connectivity index (χ0n) is 8.19. The van der Waals surface area contributed by atoms with Crippen molar-refractivity contribution in [2.24, 2.45) is 0 Å². The number of ether oxygens (including phenoxy) is 1. The molecule has 0 radical (unpaired) electrons. The monoisotopic (exact) mass is 199 g/mol. The summed E-state index contributed by atoms with van der Waals surface area (Å²) in [5, 5.41) is 8.51. The van der Waals surface area contributed by atoms with E-state index in [-0.39, 0.29) is 6.54 Å². The van der Waals surface area contributed by atoms with Crippen molar-refractivity contribution in [3.63, 3.8) is 0 Å². The number of hydrogen-bond acceptors (Lipinski definition) is 3. The maximum absolute atomic E-state index is 11.4. The lowest BCUT2D eigenvalue weighted by atomic mass is 10.3. The second-order valence-corrected chi connectivity index (χ2v) is 2.67. The summed E-state index contributed by atoms with van der Waals surface area (Å²) in [6.45, 7) is 1.10. The van der Waals surface area contributed by atoms with Crippen molar-refractivity contribution in [1.29, 1.82) is 0 Å². The first kappa shape index (κ1) is 12.5. The predicted molar refractivity (Wildman–Crippen MR) is 49.5 cm³/mol. The van der Waals surface area contributed by atoms with Gasteiger partial charge in [-0.3, -0.25) is 9.59 Å². The predicted octanol–water partition coefficient (Wildman–Crippen LogP) is -0.432. The Balaban J connectivity index is 4.41. The first-order valence-corrected chi connectivity index (χ1v) is 3.99. The molecule has 0 saturated heterocycles. The van der Waals surface area contributed by atoms with E-state index < -0.39 is 24.5 Å². The van der Waals surface area contributed by atoms with Crippen molar-refractivity contribution in [2.45, 2.75) is 13.0 Å². The number of terminal acetylenes is 1. The Morgan fingerprint density at radius 2 is 2.21 bits per heavy atom. The van der Waals surface area contributed by atoms with Crippen LogP contribution in [-0.4, -0.2) is 48.2 Å². The molecule has 1 unspecified atom stereocenters. The fraction of sp³-hybridized carbons (Fsp3) is 0.556. The van der Waals surface area contributed by atoms with E-state index >= 15 is 0 Å². The van der Waals surface area contributed by atoms with E-state index in [0.29, 0.717) is 0 Å². The van der Waals surface area contributed by atoms with Crippen molar-refractivity contribution < 1.29 is 19.4 Å². The Bertz CT molecular complexity index is 256. The molecule has 0 aliphatic rings. The summed E-state index contributed by atoms with van der Waals surface area (Å²) in [5.74, 6) is 0.696. The number of amides is 1. The molecule has 1 amide bonds. The molecule has 0 aromatic carbocycles. The molecule has 0 fully saturated rings. The van der Waals surface area contributed by atoms with Crippen LogP contribution in [0.1, 0.15) is 6.92 Å². The van der Waals surface area contributed by atoms with E-state index in [1.807, 2.05) is 0 Å². The number of hydrogen-bond donors (Lipinski definition) is 1. The molecule has 0 saturated carbocycles. The molecule has 0 spiro atoms. The normalized spacial score (nSPS) is 11.5. The lowest BCUT2D eigenvalue weighted by molar-refractivity contribution is -0.148. The molecule has 1 N–H and O–H groups in total. The fourth-order valence-corrected chi connectivity index (χ4v) is 0.843. The Morgan fingerprint density at radius 1 is 1.64 bits per heavy atom. The van der Waals surface area contributed by atoms with E-state index in [1.54, 1.807) is 0 Å². The third kappa shape index (κ3) is 3.92. The molecule has 5 heteroatoms. The summed E-state index contributed by atoms with van der Waals surface area (Å²) in [7, 11) is 1.37. The molecule has 0 bridgehead atoms. The first-order chi connectivity index (χ1) is 6.52. The molecule has 5 nitrogen and oxygen atoms in total. The zero-order chi connectivity index (χ0) is 11.1. The molecule has 14 heavy (non-hydrogen) atoms. The SMILES string of the molecule is C#CCN(CC(=O)O)C(=O)C(C)OC.